The molecule has 2 aliphatic heterocycles. The van der Waals surface area contributed by atoms with Gasteiger partial charge in [0, 0.05) is 44.0 Å². The van der Waals surface area contributed by atoms with E-state index in [1.54, 1.807) is 6.20 Å². The van der Waals surface area contributed by atoms with E-state index >= 15 is 0 Å². The number of nitrogens with zero attached hydrogens (tertiary/aromatic N) is 3. The molecule has 2 aromatic rings. The minimum Gasteiger partial charge on any atom is -0.369 e. The molecule has 0 bridgehead atoms. The predicted molar refractivity (Wildman–Crippen MR) is 128 cm³/mol. The maximum absolute atomic E-state index is 12.6. The molecule has 170 valence electrons. The lowest BCUT2D eigenvalue weighted by atomic mass is 9.88. The standard InChI is InChI=1S/C26H34N4O2/c1-18(2)19(3)26(32)29-13-10-21(11-14-29)20-6-8-23(9-7-20)28-25(31)22-16-30(17-22)24-5-4-12-27-15-24/h4-9,12,15,18-19,21-22H,10-11,13-14,16-17H2,1-3H3,(H,28,31). The van der Waals surface area contributed by atoms with Gasteiger partial charge in [-0.15, -0.1) is 0 Å². The van der Waals surface area contributed by atoms with E-state index in [1.165, 1.54) is 5.56 Å². The summed E-state index contributed by atoms with van der Waals surface area (Å²) >= 11 is 0. The smallest absolute Gasteiger partial charge is 0.231 e. The summed E-state index contributed by atoms with van der Waals surface area (Å²) in [6, 6.07) is 12.2. The number of hydrogen-bond donors (Lipinski definition) is 1. The van der Waals surface area contributed by atoms with E-state index in [0.29, 0.717) is 11.8 Å². The number of anilines is 2. The molecule has 2 aliphatic rings. The van der Waals surface area contributed by atoms with Crippen molar-refractivity contribution < 1.29 is 9.59 Å². The third kappa shape index (κ3) is 4.95. The SMILES string of the molecule is CC(C)C(C)C(=O)N1CCC(c2ccc(NC(=O)C3CN(c4cccnc4)C3)cc2)CC1. The summed E-state index contributed by atoms with van der Waals surface area (Å²) in [7, 11) is 0. The van der Waals surface area contributed by atoms with E-state index in [9.17, 15) is 9.59 Å². The summed E-state index contributed by atoms with van der Waals surface area (Å²) < 4.78 is 0. The van der Waals surface area contributed by atoms with Gasteiger partial charge in [-0.05, 0) is 54.5 Å². The van der Waals surface area contributed by atoms with Crippen molar-refractivity contribution in [2.24, 2.45) is 17.8 Å². The predicted octanol–water partition coefficient (Wildman–Crippen LogP) is 4.15. The van der Waals surface area contributed by atoms with Gasteiger partial charge in [0.05, 0.1) is 17.8 Å². The molecule has 3 heterocycles. The van der Waals surface area contributed by atoms with Gasteiger partial charge >= 0.3 is 0 Å². The Bertz CT molecular complexity index is 915. The first-order valence-corrected chi connectivity index (χ1v) is 11.8. The molecule has 6 nitrogen and oxygen atoms in total. The molecule has 2 amide bonds. The van der Waals surface area contributed by atoms with Crippen molar-refractivity contribution in [2.45, 2.75) is 39.5 Å². The Kier molecular flexibility index (Phi) is 6.77. The first-order chi connectivity index (χ1) is 15.4. The number of piperidine rings is 1. The number of likely N-dealkylation sites (tertiary alicyclic amines) is 1. The van der Waals surface area contributed by atoms with Crippen LogP contribution in [0.1, 0.15) is 45.1 Å². The summed E-state index contributed by atoms with van der Waals surface area (Å²) in [5, 5.41) is 3.06. The highest BCUT2D eigenvalue weighted by atomic mass is 16.2. The zero-order valence-corrected chi connectivity index (χ0v) is 19.3. The van der Waals surface area contributed by atoms with Crippen LogP contribution in [0.2, 0.25) is 0 Å². The zero-order chi connectivity index (χ0) is 22.7. The normalized spacial score (nSPS) is 18.4. The van der Waals surface area contributed by atoms with E-state index in [0.717, 1.165) is 50.4 Å². The molecule has 0 radical (unpaired) electrons. The lowest BCUT2D eigenvalue weighted by Gasteiger charge is -2.39. The Morgan fingerprint density at radius 1 is 1.03 bits per heavy atom. The van der Waals surface area contributed by atoms with Crippen LogP contribution in [0.3, 0.4) is 0 Å². The Hall–Kier alpha value is -2.89. The van der Waals surface area contributed by atoms with Crippen molar-refractivity contribution >= 4 is 23.2 Å². The second-order valence-electron chi connectivity index (χ2n) is 9.56. The molecule has 2 fully saturated rings. The van der Waals surface area contributed by atoms with Gasteiger partial charge in [-0.1, -0.05) is 32.9 Å². The van der Waals surface area contributed by atoms with E-state index < -0.39 is 0 Å². The minimum atomic E-state index is 0.00461. The maximum Gasteiger partial charge on any atom is 0.231 e. The Balaban J connectivity index is 1.24. The number of pyridine rings is 1. The van der Waals surface area contributed by atoms with Crippen molar-refractivity contribution in [3.05, 3.63) is 54.4 Å². The van der Waals surface area contributed by atoms with Crippen LogP contribution in [0.4, 0.5) is 11.4 Å². The Labute approximate surface area is 191 Å². The number of carbonyl (C=O) groups excluding carboxylic acids is 2. The van der Waals surface area contributed by atoms with Gasteiger partial charge in [0.25, 0.3) is 0 Å². The molecule has 32 heavy (non-hydrogen) atoms. The summed E-state index contributed by atoms with van der Waals surface area (Å²) in [4.78, 5) is 33.5. The van der Waals surface area contributed by atoms with Crippen LogP contribution in [0.25, 0.3) is 0 Å². The Morgan fingerprint density at radius 3 is 2.31 bits per heavy atom. The van der Waals surface area contributed by atoms with Crippen molar-refractivity contribution in [2.75, 3.05) is 36.4 Å². The topological polar surface area (TPSA) is 65.5 Å². The average molecular weight is 435 g/mol. The number of rotatable bonds is 6. The first-order valence-electron chi connectivity index (χ1n) is 11.8. The van der Waals surface area contributed by atoms with Crippen LogP contribution >= 0.6 is 0 Å². The van der Waals surface area contributed by atoms with E-state index in [2.05, 4.69) is 41.2 Å². The van der Waals surface area contributed by atoms with E-state index in [1.807, 2.05) is 42.3 Å². The van der Waals surface area contributed by atoms with Crippen LogP contribution < -0.4 is 10.2 Å². The number of carbonyl (C=O) groups is 2. The third-order valence-electron chi connectivity index (χ3n) is 7.11. The number of aromatic nitrogens is 1. The molecular formula is C26H34N4O2. The van der Waals surface area contributed by atoms with Crippen LogP contribution in [0, 0.1) is 17.8 Å². The van der Waals surface area contributed by atoms with Gasteiger partial charge in [0.2, 0.25) is 11.8 Å². The molecular weight excluding hydrogens is 400 g/mol. The van der Waals surface area contributed by atoms with Crippen molar-refractivity contribution in [1.82, 2.24) is 9.88 Å². The van der Waals surface area contributed by atoms with Gasteiger partial charge in [-0.25, -0.2) is 0 Å². The number of benzene rings is 1. The fourth-order valence-corrected chi connectivity index (χ4v) is 4.49. The molecule has 0 aliphatic carbocycles. The molecule has 1 unspecified atom stereocenters. The van der Waals surface area contributed by atoms with Crippen molar-refractivity contribution in [3.63, 3.8) is 0 Å². The molecule has 0 saturated carbocycles. The fraction of sp³-hybridized carbons (Fsp3) is 0.500. The highest BCUT2D eigenvalue weighted by molar-refractivity contribution is 5.94. The molecule has 6 heteroatoms. The lowest BCUT2D eigenvalue weighted by Crippen LogP contribution is -2.52. The quantitative estimate of drug-likeness (QED) is 0.742. The van der Waals surface area contributed by atoms with Crippen molar-refractivity contribution in [3.8, 4) is 0 Å². The summed E-state index contributed by atoms with van der Waals surface area (Å²) in [5.41, 5.74) is 3.20. The highest BCUT2D eigenvalue weighted by Gasteiger charge is 2.33. The maximum atomic E-state index is 12.6. The van der Waals surface area contributed by atoms with Gasteiger partial charge in [-0.3, -0.25) is 14.6 Å². The molecule has 4 rings (SSSR count). The highest BCUT2D eigenvalue weighted by Crippen LogP contribution is 2.30. The van der Waals surface area contributed by atoms with Crippen LogP contribution in [-0.2, 0) is 9.59 Å². The van der Waals surface area contributed by atoms with Crippen molar-refractivity contribution in [1.29, 1.82) is 0 Å². The summed E-state index contributed by atoms with van der Waals surface area (Å²) in [6.07, 6.45) is 5.58. The summed E-state index contributed by atoms with van der Waals surface area (Å²) in [6.45, 7) is 9.36. The largest absolute Gasteiger partial charge is 0.369 e. The van der Waals surface area contributed by atoms with E-state index in [4.69, 9.17) is 0 Å². The van der Waals surface area contributed by atoms with Gasteiger partial charge in [0.1, 0.15) is 0 Å². The molecule has 0 spiro atoms. The second kappa shape index (κ2) is 9.72. The summed E-state index contributed by atoms with van der Waals surface area (Å²) in [5.74, 6) is 1.30. The molecule has 2 saturated heterocycles. The number of amides is 2. The first kappa shape index (κ1) is 22.3. The molecule has 1 aromatic carbocycles. The van der Waals surface area contributed by atoms with Crippen LogP contribution in [0.5, 0.6) is 0 Å². The van der Waals surface area contributed by atoms with E-state index in [-0.39, 0.29) is 23.7 Å². The average Bonchev–Trinajstić information content (AvgIpc) is 2.78. The van der Waals surface area contributed by atoms with Crippen LogP contribution in [-0.4, -0.2) is 47.9 Å². The third-order valence-corrected chi connectivity index (χ3v) is 7.11. The zero-order valence-electron chi connectivity index (χ0n) is 19.3. The molecule has 1 atom stereocenters. The number of nitrogens with one attached hydrogen (secondary N) is 1. The molecule has 1 aromatic heterocycles. The Morgan fingerprint density at radius 2 is 1.72 bits per heavy atom. The van der Waals surface area contributed by atoms with Gasteiger partial charge in [-0.2, -0.15) is 0 Å². The van der Waals surface area contributed by atoms with Gasteiger partial charge < -0.3 is 15.1 Å². The second-order valence-corrected chi connectivity index (χ2v) is 9.56. The monoisotopic (exact) mass is 434 g/mol. The molecule has 1 N–H and O–H groups in total. The minimum absolute atomic E-state index is 0.00461. The fourth-order valence-electron chi connectivity index (χ4n) is 4.49. The lowest BCUT2D eigenvalue weighted by molar-refractivity contribution is -0.137. The van der Waals surface area contributed by atoms with Crippen LogP contribution in [0.15, 0.2) is 48.8 Å². The number of hydrogen-bond acceptors (Lipinski definition) is 4. The van der Waals surface area contributed by atoms with Gasteiger partial charge in [0.15, 0.2) is 0 Å².